The van der Waals surface area contributed by atoms with E-state index in [4.69, 9.17) is 14.5 Å². The summed E-state index contributed by atoms with van der Waals surface area (Å²) in [6.07, 6.45) is 2.12. The Balaban J connectivity index is 1.47. The van der Waals surface area contributed by atoms with E-state index in [2.05, 4.69) is 4.57 Å². The van der Waals surface area contributed by atoms with Crippen LogP contribution < -0.4 is 0 Å². The highest BCUT2D eigenvalue weighted by atomic mass is 32.2. The van der Waals surface area contributed by atoms with Crippen molar-refractivity contribution in [2.45, 2.75) is 41.3 Å². The molecule has 0 amide bonds. The highest BCUT2D eigenvalue weighted by Gasteiger charge is 2.27. The monoisotopic (exact) mass is 491 g/mol. The van der Waals surface area contributed by atoms with Crippen LogP contribution in [-0.2, 0) is 31.8 Å². The van der Waals surface area contributed by atoms with Crippen molar-refractivity contribution in [1.82, 2.24) is 13.9 Å². The molecule has 33 heavy (non-hydrogen) atoms. The van der Waals surface area contributed by atoms with Crippen LogP contribution >= 0.6 is 11.8 Å². The standard InChI is InChI=1S/C23H26FN3O4S2/c24-18-4-1-3-17(13-18)16-32-23-25-21-14-20(33(28,29)26-8-11-30-12-9-26)6-7-22(21)27(23)15-19-5-2-10-31-19/h1,3-4,6-7,13-14,19H,2,5,8-12,15-16H2. The highest BCUT2D eigenvalue weighted by Crippen LogP contribution is 2.31. The Morgan fingerprint density at radius 1 is 1.12 bits per heavy atom. The molecule has 2 saturated heterocycles. The normalized spacial score (nSPS) is 20.0. The second-order valence-corrected chi connectivity index (χ2v) is 11.1. The lowest BCUT2D eigenvalue weighted by Crippen LogP contribution is -2.40. The van der Waals surface area contributed by atoms with Crippen molar-refractivity contribution in [1.29, 1.82) is 0 Å². The summed E-state index contributed by atoms with van der Waals surface area (Å²) in [4.78, 5) is 5.02. The van der Waals surface area contributed by atoms with Crippen LogP contribution in [0.25, 0.3) is 11.0 Å². The van der Waals surface area contributed by atoms with Crippen LogP contribution in [0, 0.1) is 5.82 Å². The molecule has 0 radical (unpaired) electrons. The second-order valence-electron chi connectivity index (χ2n) is 8.23. The minimum atomic E-state index is -3.61. The van der Waals surface area contributed by atoms with Gasteiger partial charge in [0.1, 0.15) is 5.82 Å². The number of nitrogens with zero attached hydrogens (tertiary/aromatic N) is 3. The van der Waals surface area contributed by atoms with Gasteiger partial charge in [-0.3, -0.25) is 0 Å². The molecule has 1 unspecified atom stereocenters. The van der Waals surface area contributed by atoms with E-state index >= 15 is 0 Å². The summed E-state index contributed by atoms with van der Waals surface area (Å²) in [6, 6.07) is 11.7. The molecule has 3 aromatic rings. The molecule has 0 N–H and O–H groups in total. The van der Waals surface area contributed by atoms with Crippen molar-refractivity contribution in [3.63, 3.8) is 0 Å². The van der Waals surface area contributed by atoms with E-state index < -0.39 is 10.0 Å². The van der Waals surface area contributed by atoms with Crippen LogP contribution in [0.1, 0.15) is 18.4 Å². The molecule has 2 fully saturated rings. The maximum atomic E-state index is 13.6. The van der Waals surface area contributed by atoms with E-state index in [1.54, 1.807) is 18.2 Å². The summed E-state index contributed by atoms with van der Waals surface area (Å²) in [5.74, 6) is 0.296. The summed E-state index contributed by atoms with van der Waals surface area (Å²) in [6.45, 7) is 2.91. The average molecular weight is 492 g/mol. The van der Waals surface area contributed by atoms with Gasteiger partial charge < -0.3 is 14.0 Å². The molecule has 0 bridgehead atoms. The van der Waals surface area contributed by atoms with Gasteiger partial charge in [-0.2, -0.15) is 4.31 Å². The maximum absolute atomic E-state index is 13.6. The van der Waals surface area contributed by atoms with Crippen molar-refractivity contribution in [2.24, 2.45) is 0 Å². The van der Waals surface area contributed by atoms with E-state index in [9.17, 15) is 12.8 Å². The maximum Gasteiger partial charge on any atom is 0.243 e. The first-order valence-corrected chi connectivity index (χ1v) is 13.5. The summed E-state index contributed by atoms with van der Waals surface area (Å²) >= 11 is 1.51. The van der Waals surface area contributed by atoms with E-state index in [1.807, 2.05) is 12.1 Å². The van der Waals surface area contributed by atoms with Gasteiger partial charge in [0.2, 0.25) is 10.0 Å². The van der Waals surface area contributed by atoms with Crippen molar-refractivity contribution < 1.29 is 22.3 Å². The topological polar surface area (TPSA) is 73.7 Å². The summed E-state index contributed by atoms with van der Waals surface area (Å²) in [5, 5.41) is 0.769. The van der Waals surface area contributed by atoms with Gasteiger partial charge in [0, 0.05) is 25.4 Å². The Hall–Kier alpha value is -1.98. The fourth-order valence-corrected chi connectivity index (χ4v) is 6.63. The van der Waals surface area contributed by atoms with E-state index in [-0.39, 0.29) is 16.8 Å². The average Bonchev–Trinajstić information content (AvgIpc) is 3.46. The third kappa shape index (κ3) is 4.95. The lowest BCUT2D eigenvalue weighted by atomic mass is 10.2. The van der Waals surface area contributed by atoms with Gasteiger partial charge in [-0.05, 0) is 48.7 Å². The van der Waals surface area contributed by atoms with Crippen LogP contribution in [0.15, 0.2) is 52.5 Å². The van der Waals surface area contributed by atoms with Gasteiger partial charge in [0.05, 0.1) is 41.8 Å². The van der Waals surface area contributed by atoms with Crippen molar-refractivity contribution in [3.8, 4) is 0 Å². The first-order chi connectivity index (χ1) is 16.0. The Bertz CT molecular complexity index is 1240. The lowest BCUT2D eigenvalue weighted by molar-refractivity contribution is 0.0730. The first kappa shape index (κ1) is 22.8. The second kappa shape index (κ2) is 9.71. The van der Waals surface area contributed by atoms with Gasteiger partial charge in [0.25, 0.3) is 0 Å². The number of sulfonamides is 1. The molecule has 176 valence electrons. The fraction of sp³-hybridized carbons (Fsp3) is 0.435. The van der Waals surface area contributed by atoms with Crippen molar-refractivity contribution in [3.05, 3.63) is 53.8 Å². The molecule has 2 aliphatic rings. The molecule has 7 nitrogen and oxygen atoms in total. The highest BCUT2D eigenvalue weighted by molar-refractivity contribution is 7.98. The molecular weight excluding hydrogens is 465 g/mol. The number of rotatable bonds is 7. The number of thioether (sulfide) groups is 1. The van der Waals surface area contributed by atoms with Crippen LogP contribution in [0.5, 0.6) is 0 Å². The molecule has 1 atom stereocenters. The summed E-state index contributed by atoms with van der Waals surface area (Å²) in [7, 11) is -3.61. The molecule has 10 heteroatoms. The predicted octanol–water partition coefficient (Wildman–Crippen LogP) is 3.67. The molecule has 2 aromatic carbocycles. The Morgan fingerprint density at radius 2 is 1.97 bits per heavy atom. The van der Waals surface area contributed by atoms with Crippen molar-refractivity contribution in [2.75, 3.05) is 32.9 Å². The number of benzene rings is 2. The summed E-state index contributed by atoms with van der Waals surface area (Å²) < 4.78 is 54.5. The van der Waals surface area contributed by atoms with E-state index in [1.165, 1.54) is 28.2 Å². The summed E-state index contributed by atoms with van der Waals surface area (Å²) in [5.41, 5.74) is 2.36. The smallest absolute Gasteiger partial charge is 0.243 e. The quantitative estimate of drug-likeness (QED) is 0.470. The number of hydrogen-bond acceptors (Lipinski definition) is 6. The number of aromatic nitrogens is 2. The number of imidazole rings is 1. The van der Waals surface area contributed by atoms with Gasteiger partial charge in [-0.15, -0.1) is 0 Å². The zero-order valence-corrected chi connectivity index (χ0v) is 19.8. The van der Waals surface area contributed by atoms with Gasteiger partial charge in [-0.25, -0.2) is 17.8 Å². The zero-order valence-electron chi connectivity index (χ0n) is 18.2. The van der Waals surface area contributed by atoms with Crippen LogP contribution in [-0.4, -0.2) is 61.3 Å². The molecule has 0 spiro atoms. The van der Waals surface area contributed by atoms with Crippen LogP contribution in [0.2, 0.25) is 0 Å². The van der Waals surface area contributed by atoms with Gasteiger partial charge in [-0.1, -0.05) is 23.9 Å². The molecule has 3 heterocycles. The molecular formula is C23H26FN3O4S2. The van der Waals surface area contributed by atoms with E-state index in [0.29, 0.717) is 44.1 Å². The molecule has 2 aliphatic heterocycles. The molecule has 1 aromatic heterocycles. The number of halogens is 1. The number of morpholine rings is 1. The third-order valence-corrected chi connectivity index (χ3v) is 8.90. The van der Waals surface area contributed by atoms with Gasteiger partial charge in [0.15, 0.2) is 5.16 Å². The minimum absolute atomic E-state index is 0.104. The largest absolute Gasteiger partial charge is 0.379 e. The Labute approximate surface area is 196 Å². The van der Waals surface area contributed by atoms with Gasteiger partial charge >= 0.3 is 0 Å². The zero-order chi connectivity index (χ0) is 22.8. The first-order valence-electron chi connectivity index (χ1n) is 11.1. The Morgan fingerprint density at radius 3 is 2.73 bits per heavy atom. The minimum Gasteiger partial charge on any atom is -0.379 e. The number of hydrogen-bond donors (Lipinski definition) is 0. The van der Waals surface area contributed by atoms with Crippen molar-refractivity contribution >= 4 is 32.8 Å². The predicted molar refractivity (Wildman–Crippen MR) is 124 cm³/mol. The molecule has 0 aliphatic carbocycles. The molecule has 5 rings (SSSR count). The SMILES string of the molecule is O=S(=O)(c1ccc2c(c1)nc(SCc1cccc(F)c1)n2CC1CCCO1)N1CCOCC1. The third-order valence-electron chi connectivity index (χ3n) is 5.96. The van der Waals surface area contributed by atoms with E-state index in [0.717, 1.165) is 35.7 Å². The number of fused-ring (bicyclic) bond motifs is 1. The Kier molecular flexibility index (Phi) is 6.71. The van der Waals surface area contributed by atoms with Crippen LogP contribution in [0.4, 0.5) is 4.39 Å². The number of ether oxygens (including phenoxy) is 2. The van der Waals surface area contributed by atoms with Crippen LogP contribution in [0.3, 0.4) is 0 Å². The lowest BCUT2D eigenvalue weighted by Gasteiger charge is -2.26. The molecule has 0 saturated carbocycles. The fourth-order valence-electron chi connectivity index (χ4n) is 4.24.